The Labute approximate surface area is 165 Å². The van der Waals surface area contributed by atoms with E-state index in [9.17, 15) is 5.26 Å². The van der Waals surface area contributed by atoms with E-state index in [1.165, 1.54) is 20.9 Å². The molecular weight excluding hydrogens is 358 g/mol. The highest BCUT2D eigenvalue weighted by Gasteiger charge is 2.23. The van der Waals surface area contributed by atoms with Crippen molar-refractivity contribution in [2.45, 2.75) is 54.5 Å². The molecule has 0 aromatic heterocycles. The lowest BCUT2D eigenvalue weighted by atomic mass is 10.2. The summed E-state index contributed by atoms with van der Waals surface area (Å²) >= 11 is 3.57. The predicted molar refractivity (Wildman–Crippen MR) is 111 cm³/mol. The number of rotatable bonds is 4. The van der Waals surface area contributed by atoms with Crippen molar-refractivity contribution < 1.29 is 0 Å². The van der Waals surface area contributed by atoms with E-state index < -0.39 is 0 Å². The first kappa shape index (κ1) is 19.3. The summed E-state index contributed by atoms with van der Waals surface area (Å²) in [6.07, 6.45) is 0. The van der Waals surface area contributed by atoms with Crippen molar-refractivity contribution in [2.24, 2.45) is 0 Å². The van der Waals surface area contributed by atoms with E-state index in [4.69, 9.17) is 0 Å². The molecule has 1 aliphatic rings. The van der Waals surface area contributed by atoms with Gasteiger partial charge in [-0.3, -0.25) is 0 Å². The van der Waals surface area contributed by atoms with Gasteiger partial charge < -0.3 is 5.32 Å². The standard InChI is InChI=1S/C21H25N3S2/c1-14-5-6-15(2)20(9-14)25-19-8-7-18(11-22)10-21(19)26-24-12-16(3)23-17(4)13-24/h5-10,16-17,23H,12-13H2,1-4H3. The van der Waals surface area contributed by atoms with Crippen LogP contribution in [0.3, 0.4) is 0 Å². The molecule has 2 atom stereocenters. The lowest BCUT2D eigenvalue weighted by Gasteiger charge is -2.35. The Balaban J connectivity index is 1.88. The fourth-order valence-electron chi connectivity index (χ4n) is 3.16. The van der Waals surface area contributed by atoms with Crippen LogP contribution >= 0.6 is 23.7 Å². The molecule has 0 bridgehead atoms. The quantitative estimate of drug-likeness (QED) is 0.751. The molecular formula is C21H25N3S2. The number of hydrogen-bond donors (Lipinski definition) is 1. The van der Waals surface area contributed by atoms with Crippen LogP contribution < -0.4 is 5.32 Å². The summed E-state index contributed by atoms with van der Waals surface area (Å²) in [6.45, 7) is 10.7. The summed E-state index contributed by atoms with van der Waals surface area (Å²) in [5, 5.41) is 12.9. The van der Waals surface area contributed by atoms with E-state index in [-0.39, 0.29) is 0 Å². The summed E-state index contributed by atoms with van der Waals surface area (Å²) in [5.41, 5.74) is 3.27. The van der Waals surface area contributed by atoms with Gasteiger partial charge in [0.2, 0.25) is 0 Å². The van der Waals surface area contributed by atoms with E-state index in [1.54, 1.807) is 23.7 Å². The maximum absolute atomic E-state index is 9.32. The van der Waals surface area contributed by atoms with Gasteiger partial charge in [-0.05, 0) is 75.0 Å². The molecule has 2 unspecified atom stereocenters. The minimum atomic E-state index is 0.473. The Morgan fingerprint density at radius 2 is 1.73 bits per heavy atom. The third-order valence-corrected chi connectivity index (χ3v) is 6.84. The van der Waals surface area contributed by atoms with Crippen molar-refractivity contribution in [3.8, 4) is 6.07 Å². The number of benzene rings is 2. The maximum atomic E-state index is 9.32. The molecule has 0 radical (unpaired) electrons. The highest BCUT2D eigenvalue weighted by Crippen LogP contribution is 2.39. The van der Waals surface area contributed by atoms with E-state index in [0.29, 0.717) is 17.6 Å². The second-order valence-corrected chi connectivity index (χ2v) is 9.27. The molecule has 1 heterocycles. The van der Waals surface area contributed by atoms with Gasteiger partial charge in [0, 0.05) is 39.9 Å². The van der Waals surface area contributed by atoms with Crippen molar-refractivity contribution in [3.05, 3.63) is 53.1 Å². The van der Waals surface area contributed by atoms with Crippen molar-refractivity contribution in [1.82, 2.24) is 9.62 Å². The van der Waals surface area contributed by atoms with Crippen LogP contribution in [-0.4, -0.2) is 29.5 Å². The molecule has 2 aromatic rings. The fraction of sp³-hybridized carbons (Fsp3) is 0.381. The highest BCUT2D eigenvalue weighted by atomic mass is 32.2. The average Bonchev–Trinajstić information content (AvgIpc) is 2.58. The van der Waals surface area contributed by atoms with E-state index in [0.717, 1.165) is 18.0 Å². The van der Waals surface area contributed by atoms with E-state index in [2.05, 4.69) is 67.7 Å². The Kier molecular flexibility index (Phi) is 6.31. The summed E-state index contributed by atoms with van der Waals surface area (Å²) in [6, 6.07) is 15.8. The first-order chi connectivity index (χ1) is 12.4. The first-order valence-corrected chi connectivity index (χ1v) is 10.5. The normalized spacial score (nSPS) is 20.7. The molecule has 2 aromatic carbocycles. The molecule has 0 amide bonds. The van der Waals surface area contributed by atoms with Crippen LogP contribution in [0.2, 0.25) is 0 Å². The molecule has 1 fully saturated rings. The van der Waals surface area contributed by atoms with Gasteiger partial charge >= 0.3 is 0 Å². The third kappa shape index (κ3) is 4.83. The molecule has 1 saturated heterocycles. The zero-order valence-electron chi connectivity index (χ0n) is 15.7. The van der Waals surface area contributed by atoms with Gasteiger partial charge in [-0.2, -0.15) is 5.26 Å². The Hall–Kier alpha value is -1.45. The Morgan fingerprint density at radius 1 is 1.00 bits per heavy atom. The van der Waals surface area contributed by atoms with Gasteiger partial charge in [-0.1, -0.05) is 23.9 Å². The molecule has 26 heavy (non-hydrogen) atoms. The SMILES string of the molecule is Cc1ccc(C)c(Sc2ccc(C#N)cc2SN2CC(C)NC(C)C2)c1. The average molecular weight is 384 g/mol. The molecule has 3 nitrogen and oxygen atoms in total. The molecule has 1 N–H and O–H groups in total. The smallest absolute Gasteiger partial charge is 0.0992 e. The molecule has 0 aliphatic carbocycles. The van der Waals surface area contributed by atoms with Gasteiger partial charge in [-0.25, -0.2) is 4.31 Å². The van der Waals surface area contributed by atoms with Crippen LogP contribution in [0.25, 0.3) is 0 Å². The van der Waals surface area contributed by atoms with Crippen molar-refractivity contribution in [2.75, 3.05) is 13.1 Å². The number of hydrogen-bond acceptors (Lipinski definition) is 5. The molecule has 136 valence electrons. The maximum Gasteiger partial charge on any atom is 0.0992 e. The summed E-state index contributed by atoms with van der Waals surface area (Å²) in [4.78, 5) is 3.65. The van der Waals surface area contributed by atoms with E-state index in [1.807, 2.05) is 12.1 Å². The van der Waals surface area contributed by atoms with Crippen LogP contribution in [0.1, 0.15) is 30.5 Å². The van der Waals surface area contributed by atoms with Crippen LogP contribution in [-0.2, 0) is 0 Å². The lowest BCUT2D eigenvalue weighted by molar-refractivity contribution is 0.280. The van der Waals surface area contributed by atoms with Gasteiger partial charge in [0.25, 0.3) is 0 Å². The number of nitriles is 1. The van der Waals surface area contributed by atoms with Gasteiger partial charge in [0.15, 0.2) is 0 Å². The Bertz CT molecular complexity index is 818. The summed E-state index contributed by atoms with van der Waals surface area (Å²) in [5.74, 6) is 0. The molecule has 0 spiro atoms. The Morgan fingerprint density at radius 3 is 2.42 bits per heavy atom. The third-order valence-electron chi connectivity index (χ3n) is 4.39. The zero-order valence-corrected chi connectivity index (χ0v) is 17.4. The minimum Gasteiger partial charge on any atom is -0.309 e. The summed E-state index contributed by atoms with van der Waals surface area (Å²) in [7, 11) is 0. The first-order valence-electron chi connectivity index (χ1n) is 8.93. The number of nitrogens with zero attached hydrogens (tertiary/aromatic N) is 2. The number of aryl methyl sites for hydroxylation is 2. The van der Waals surface area contributed by atoms with Gasteiger partial charge in [-0.15, -0.1) is 0 Å². The van der Waals surface area contributed by atoms with Gasteiger partial charge in [0.1, 0.15) is 0 Å². The lowest BCUT2D eigenvalue weighted by Crippen LogP contribution is -2.51. The second kappa shape index (κ2) is 8.49. The van der Waals surface area contributed by atoms with Crippen molar-refractivity contribution in [1.29, 1.82) is 5.26 Å². The van der Waals surface area contributed by atoms with Crippen LogP contribution in [0.4, 0.5) is 0 Å². The highest BCUT2D eigenvalue weighted by molar-refractivity contribution is 8.01. The monoisotopic (exact) mass is 383 g/mol. The molecule has 0 saturated carbocycles. The van der Waals surface area contributed by atoms with Crippen molar-refractivity contribution >= 4 is 23.7 Å². The fourth-order valence-corrected chi connectivity index (χ4v) is 5.61. The van der Waals surface area contributed by atoms with Crippen LogP contribution in [0.15, 0.2) is 51.1 Å². The van der Waals surface area contributed by atoms with Gasteiger partial charge in [0.05, 0.1) is 11.6 Å². The minimum absolute atomic E-state index is 0.473. The zero-order chi connectivity index (χ0) is 18.7. The molecule has 5 heteroatoms. The van der Waals surface area contributed by atoms with E-state index >= 15 is 0 Å². The largest absolute Gasteiger partial charge is 0.309 e. The second-order valence-electron chi connectivity index (χ2n) is 7.05. The predicted octanol–water partition coefficient (Wildman–Crippen LogP) is 5.02. The topological polar surface area (TPSA) is 39.1 Å². The number of nitrogens with one attached hydrogen (secondary N) is 1. The van der Waals surface area contributed by atoms with Crippen LogP contribution in [0, 0.1) is 25.2 Å². The molecule has 1 aliphatic heterocycles. The molecule has 3 rings (SSSR count). The van der Waals surface area contributed by atoms with Crippen LogP contribution in [0.5, 0.6) is 0 Å². The summed E-state index contributed by atoms with van der Waals surface area (Å²) < 4.78 is 2.41. The number of piperazine rings is 1. The van der Waals surface area contributed by atoms with Crippen molar-refractivity contribution in [3.63, 3.8) is 0 Å².